The zero-order chi connectivity index (χ0) is 15.0. The minimum Gasteiger partial charge on any atom is -0.317 e. The SMILES string of the molecule is CCCC1(CN(CCN(C)C)CC(C)C)CCNCC1. The highest BCUT2D eigenvalue weighted by atomic mass is 15.2. The highest BCUT2D eigenvalue weighted by molar-refractivity contribution is 4.87. The fourth-order valence-electron chi connectivity index (χ4n) is 3.54. The predicted octanol–water partition coefficient (Wildman–Crippen LogP) is 2.68. The summed E-state index contributed by atoms with van der Waals surface area (Å²) in [5.74, 6) is 0.762. The molecule has 1 heterocycles. The third kappa shape index (κ3) is 6.55. The summed E-state index contributed by atoms with van der Waals surface area (Å²) < 4.78 is 0. The Morgan fingerprint density at radius 2 is 1.75 bits per heavy atom. The molecule has 1 N–H and O–H groups in total. The van der Waals surface area contributed by atoms with Gasteiger partial charge in [0.1, 0.15) is 0 Å². The first-order valence-electron chi connectivity index (χ1n) is 8.55. The van der Waals surface area contributed by atoms with E-state index in [1.54, 1.807) is 0 Å². The summed E-state index contributed by atoms with van der Waals surface area (Å²) in [5, 5.41) is 3.54. The van der Waals surface area contributed by atoms with Crippen LogP contribution in [-0.2, 0) is 0 Å². The third-order valence-electron chi connectivity index (χ3n) is 4.49. The average molecular weight is 284 g/mol. The number of nitrogens with one attached hydrogen (secondary N) is 1. The van der Waals surface area contributed by atoms with Gasteiger partial charge in [0, 0.05) is 26.2 Å². The van der Waals surface area contributed by atoms with Crippen molar-refractivity contribution < 1.29 is 0 Å². The Labute approximate surface area is 127 Å². The normalized spacial score (nSPS) is 19.2. The average Bonchev–Trinajstić information content (AvgIpc) is 2.36. The van der Waals surface area contributed by atoms with E-state index in [0.29, 0.717) is 5.41 Å². The van der Waals surface area contributed by atoms with Crippen LogP contribution in [0, 0.1) is 11.3 Å². The molecule has 1 saturated heterocycles. The number of rotatable bonds is 9. The molecule has 1 aliphatic rings. The van der Waals surface area contributed by atoms with Crippen molar-refractivity contribution in [1.82, 2.24) is 15.1 Å². The second kappa shape index (κ2) is 9.01. The Morgan fingerprint density at radius 3 is 2.25 bits per heavy atom. The van der Waals surface area contributed by atoms with Gasteiger partial charge in [0.05, 0.1) is 0 Å². The van der Waals surface area contributed by atoms with Crippen molar-refractivity contribution in [2.45, 2.75) is 46.5 Å². The first-order valence-corrected chi connectivity index (χ1v) is 8.55. The topological polar surface area (TPSA) is 18.5 Å². The van der Waals surface area contributed by atoms with Crippen LogP contribution in [0.5, 0.6) is 0 Å². The second-order valence-corrected chi connectivity index (χ2v) is 7.43. The predicted molar refractivity (Wildman–Crippen MR) is 89.3 cm³/mol. The number of hydrogen-bond acceptors (Lipinski definition) is 3. The Morgan fingerprint density at radius 1 is 1.10 bits per heavy atom. The molecule has 0 atom stereocenters. The van der Waals surface area contributed by atoms with Crippen LogP contribution in [0.1, 0.15) is 46.5 Å². The van der Waals surface area contributed by atoms with Crippen molar-refractivity contribution in [2.75, 3.05) is 53.4 Å². The monoisotopic (exact) mass is 283 g/mol. The molecule has 0 aromatic heterocycles. The fraction of sp³-hybridized carbons (Fsp3) is 1.00. The molecule has 1 fully saturated rings. The molecule has 0 saturated carbocycles. The Balaban J connectivity index is 2.62. The quantitative estimate of drug-likeness (QED) is 0.702. The van der Waals surface area contributed by atoms with E-state index in [1.807, 2.05) is 0 Å². The lowest BCUT2D eigenvalue weighted by Gasteiger charge is -2.42. The summed E-state index contributed by atoms with van der Waals surface area (Å²) in [6.07, 6.45) is 5.43. The lowest BCUT2D eigenvalue weighted by atomic mass is 9.75. The maximum Gasteiger partial charge on any atom is 0.0109 e. The fourth-order valence-corrected chi connectivity index (χ4v) is 3.54. The van der Waals surface area contributed by atoms with Gasteiger partial charge >= 0.3 is 0 Å². The summed E-state index contributed by atoms with van der Waals surface area (Å²) >= 11 is 0. The molecular formula is C17H37N3. The van der Waals surface area contributed by atoms with Crippen molar-refractivity contribution in [3.63, 3.8) is 0 Å². The molecule has 0 amide bonds. The Kier molecular flexibility index (Phi) is 8.08. The minimum atomic E-state index is 0.571. The van der Waals surface area contributed by atoms with Gasteiger partial charge in [-0.3, -0.25) is 0 Å². The van der Waals surface area contributed by atoms with Crippen molar-refractivity contribution >= 4 is 0 Å². The van der Waals surface area contributed by atoms with Crippen LogP contribution in [0.2, 0.25) is 0 Å². The van der Waals surface area contributed by atoms with Gasteiger partial charge in [-0.2, -0.15) is 0 Å². The molecule has 1 rings (SSSR count). The molecule has 0 bridgehead atoms. The Hall–Kier alpha value is -0.120. The smallest absolute Gasteiger partial charge is 0.0109 e. The van der Waals surface area contributed by atoms with Gasteiger partial charge in [-0.1, -0.05) is 27.2 Å². The largest absolute Gasteiger partial charge is 0.317 e. The standard InChI is InChI=1S/C17H37N3/c1-6-7-17(8-10-18-11-9-17)15-20(14-16(2)3)13-12-19(4)5/h16,18H,6-15H2,1-5H3. The van der Waals surface area contributed by atoms with Crippen LogP contribution < -0.4 is 5.32 Å². The summed E-state index contributed by atoms with van der Waals surface area (Å²) in [6, 6.07) is 0. The molecule has 3 heteroatoms. The molecule has 3 nitrogen and oxygen atoms in total. The Bertz CT molecular complexity index is 239. The molecule has 0 radical (unpaired) electrons. The van der Waals surface area contributed by atoms with E-state index >= 15 is 0 Å². The van der Waals surface area contributed by atoms with Crippen LogP contribution in [0.15, 0.2) is 0 Å². The highest BCUT2D eigenvalue weighted by Crippen LogP contribution is 2.35. The van der Waals surface area contributed by atoms with E-state index in [2.05, 4.69) is 50.0 Å². The van der Waals surface area contributed by atoms with Crippen LogP contribution in [0.3, 0.4) is 0 Å². The zero-order valence-electron chi connectivity index (χ0n) is 14.5. The number of likely N-dealkylation sites (N-methyl/N-ethyl adjacent to an activating group) is 1. The molecular weight excluding hydrogens is 246 g/mol. The van der Waals surface area contributed by atoms with E-state index in [9.17, 15) is 0 Å². The summed E-state index contributed by atoms with van der Waals surface area (Å²) in [7, 11) is 4.36. The second-order valence-electron chi connectivity index (χ2n) is 7.43. The summed E-state index contributed by atoms with van der Waals surface area (Å²) in [5.41, 5.74) is 0.571. The molecule has 0 spiro atoms. The third-order valence-corrected chi connectivity index (χ3v) is 4.49. The molecule has 120 valence electrons. The molecule has 20 heavy (non-hydrogen) atoms. The van der Waals surface area contributed by atoms with E-state index in [-0.39, 0.29) is 0 Å². The van der Waals surface area contributed by atoms with Crippen molar-refractivity contribution in [3.05, 3.63) is 0 Å². The van der Waals surface area contributed by atoms with Gasteiger partial charge in [-0.05, 0) is 57.8 Å². The summed E-state index contributed by atoms with van der Waals surface area (Å²) in [4.78, 5) is 5.04. The van der Waals surface area contributed by atoms with Gasteiger partial charge in [-0.25, -0.2) is 0 Å². The van der Waals surface area contributed by atoms with Crippen LogP contribution in [0.25, 0.3) is 0 Å². The maximum absolute atomic E-state index is 3.54. The number of hydrogen-bond donors (Lipinski definition) is 1. The molecule has 0 aromatic carbocycles. The van der Waals surface area contributed by atoms with E-state index in [0.717, 1.165) is 5.92 Å². The molecule has 0 aromatic rings. The highest BCUT2D eigenvalue weighted by Gasteiger charge is 2.33. The van der Waals surface area contributed by atoms with E-state index in [1.165, 1.54) is 65.0 Å². The van der Waals surface area contributed by atoms with Crippen LogP contribution >= 0.6 is 0 Å². The summed E-state index contributed by atoms with van der Waals surface area (Å²) in [6.45, 7) is 14.4. The number of piperidine rings is 1. The van der Waals surface area contributed by atoms with Crippen LogP contribution in [-0.4, -0.2) is 63.2 Å². The van der Waals surface area contributed by atoms with E-state index in [4.69, 9.17) is 0 Å². The van der Waals surface area contributed by atoms with Crippen molar-refractivity contribution in [3.8, 4) is 0 Å². The van der Waals surface area contributed by atoms with Gasteiger partial charge < -0.3 is 15.1 Å². The number of nitrogens with zero attached hydrogens (tertiary/aromatic N) is 2. The van der Waals surface area contributed by atoms with Gasteiger partial charge in [0.25, 0.3) is 0 Å². The lowest BCUT2D eigenvalue weighted by molar-refractivity contribution is 0.0884. The zero-order valence-corrected chi connectivity index (χ0v) is 14.5. The van der Waals surface area contributed by atoms with Gasteiger partial charge in [0.2, 0.25) is 0 Å². The van der Waals surface area contributed by atoms with Crippen molar-refractivity contribution in [2.24, 2.45) is 11.3 Å². The maximum atomic E-state index is 3.54. The first-order chi connectivity index (χ1) is 9.47. The first kappa shape index (κ1) is 17.9. The minimum absolute atomic E-state index is 0.571. The van der Waals surface area contributed by atoms with Crippen molar-refractivity contribution in [1.29, 1.82) is 0 Å². The van der Waals surface area contributed by atoms with E-state index < -0.39 is 0 Å². The molecule has 0 unspecified atom stereocenters. The molecule has 1 aliphatic heterocycles. The van der Waals surface area contributed by atoms with Gasteiger partial charge in [-0.15, -0.1) is 0 Å². The molecule has 0 aliphatic carbocycles. The lowest BCUT2D eigenvalue weighted by Crippen LogP contribution is -2.47. The van der Waals surface area contributed by atoms with Gasteiger partial charge in [0.15, 0.2) is 0 Å². The van der Waals surface area contributed by atoms with Crippen LogP contribution in [0.4, 0.5) is 0 Å².